The maximum absolute atomic E-state index is 9.23. The van der Waals surface area contributed by atoms with Gasteiger partial charge in [0.05, 0.1) is 10.0 Å². The third kappa shape index (κ3) is 4.54. The molecule has 2 rings (SSSR count). The van der Waals surface area contributed by atoms with Crippen molar-refractivity contribution in [2.45, 2.75) is 24.7 Å². The second-order valence-electron chi connectivity index (χ2n) is 4.49. The van der Waals surface area contributed by atoms with Crippen LogP contribution in [0.1, 0.15) is 25.5 Å². The molecule has 1 heterocycles. The summed E-state index contributed by atoms with van der Waals surface area (Å²) in [5, 5.41) is 10.1. The van der Waals surface area contributed by atoms with E-state index in [2.05, 4.69) is 18.0 Å². The van der Waals surface area contributed by atoms with Gasteiger partial charge in [-0.2, -0.15) is 5.26 Å². The van der Waals surface area contributed by atoms with E-state index in [1.807, 2.05) is 6.07 Å². The molecule has 0 N–H and O–H groups in total. The summed E-state index contributed by atoms with van der Waals surface area (Å²) in [5.41, 5.74) is 0.374. The zero-order valence-corrected chi connectivity index (χ0v) is 14.3. The van der Waals surface area contributed by atoms with Crippen LogP contribution in [0.3, 0.4) is 0 Å². The Morgan fingerprint density at radius 2 is 2.05 bits per heavy atom. The van der Waals surface area contributed by atoms with Gasteiger partial charge in [0.1, 0.15) is 11.8 Å². The van der Waals surface area contributed by atoms with E-state index in [0.29, 0.717) is 27.4 Å². The number of unbranched alkanes of at least 4 members (excludes halogenated alkanes) is 1. The number of hydrogen-bond donors (Lipinski definition) is 0. The van der Waals surface area contributed by atoms with Gasteiger partial charge in [-0.15, -0.1) is 11.8 Å². The molecule has 0 unspecified atom stereocenters. The fourth-order valence-electron chi connectivity index (χ4n) is 1.67. The second-order valence-corrected chi connectivity index (χ2v) is 6.44. The van der Waals surface area contributed by atoms with Gasteiger partial charge in [-0.25, -0.2) is 4.98 Å². The van der Waals surface area contributed by atoms with Crippen LogP contribution in [0.4, 0.5) is 0 Å². The predicted octanol–water partition coefficient (Wildman–Crippen LogP) is 5.94. The highest BCUT2D eigenvalue weighted by atomic mass is 35.5. The molecule has 0 aliphatic rings. The van der Waals surface area contributed by atoms with Crippen LogP contribution < -0.4 is 4.74 Å². The van der Waals surface area contributed by atoms with Crippen LogP contribution in [-0.2, 0) is 0 Å². The minimum Gasteiger partial charge on any atom is -0.439 e. The fourth-order valence-corrected chi connectivity index (χ4v) is 3.00. The summed E-state index contributed by atoms with van der Waals surface area (Å²) in [5.74, 6) is 1.85. The number of pyridine rings is 1. The molecule has 1 aromatic carbocycles. The van der Waals surface area contributed by atoms with Crippen LogP contribution in [0.15, 0.2) is 35.2 Å². The molecule has 0 radical (unpaired) electrons. The zero-order chi connectivity index (χ0) is 15.9. The van der Waals surface area contributed by atoms with Gasteiger partial charge in [0.15, 0.2) is 5.69 Å². The van der Waals surface area contributed by atoms with Crippen LogP contribution in [0, 0.1) is 11.3 Å². The molecule has 0 spiro atoms. The Kier molecular flexibility index (Phi) is 6.38. The maximum Gasteiger partial charge on any atom is 0.220 e. The summed E-state index contributed by atoms with van der Waals surface area (Å²) >= 11 is 13.4. The topological polar surface area (TPSA) is 45.9 Å². The summed E-state index contributed by atoms with van der Waals surface area (Å²) in [4.78, 5) is 5.11. The number of thioether (sulfide) groups is 1. The fraction of sp³-hybridized carbons (Fsp3) is 0.250. The summed E-state index contributed by atoms with van der Waals surface area (Å²) in [6.07, 6.45) is 2.23. The number of halogens is 2. The smallest absolute Gasteiger partial charge is 0.220 e. The van der Waals surface area contributed by atoms with Crippen molar-refractivity contribution in [3.05, 3.63) is 46.1 Å². The Bertz CT molecular complexity index is 701. The molecule has 0 aliphatic heterocycles. The van der Waals surface area contributed by atoms with Crippen LogP contribution >= 0.6 is 35.0 Å². The average Bonchev–Trinajstić information content (AvgIpc) is 2.52. The van der Waals surface area contributed by atoms with Crippen molar-refractivity contribution in [3.8, 4) is 17.7 Å². The predicted molar refractivity (Wildman–Crippen MR) is 91.1 cm³/mol. The van der Waals surface area contributed by atoms with E-state index in [1.54, 1.807) is 36.0 Å². The largest absolute Gasteiger partial charge is 0.439 e. The van der Waals surface area contributed by atoms with Gasteiger partial charge >= 0.3 is 0 Å². The third-order valence-electron chi connectivity index (χ3n) is 2.81. The van der Waals surface area contributed by atoms with Gasteiger partial charge in [0.25, 0.3) is 0 Å². The molecular formula is C16H14Cl2N2OS. The standard InChI is InChI=1S/C16H14Cl2N2OS/c1-2-3-8-22-15-6-7-16(20-14(15)10-19)21-11-4-5-12(17)13(18)9-11/h4-7,9H,2-3,8H2,1H3. The quantitative estimate of drug-likeness (QED) is 0.476. The number of benzene rings is 1. The SMILES string of the molecule is CCCCSc1ccc(Oc2ccc(Cl)c(Cl)c2)nc1C#N. The lowest BCUT2D eigenvalue weighted by molar-refractivity contribution is 0.461. The highest BCUT2D eigenvalue weighted by Crippen LogP contribution is 2.30. The number of nitriles is 1. The van der Waals surface area contributed by atoms with Crippen molar-refractivity contribution < 1.29 is 4.74 Å². The minimum atomic E-state index is 0.356. The summed E-state index contributed by atoms with van der Waals surface area (Å²) in [7, 11) is 0. The highest BCUT2D eigenvalue weighted by molar-refractivity contribution is 7.99. The average molecular weight is 353 g/mol. The molecule has 0 saturated carbocycles. The van der Waals surface area contributed by atoms with E-state index in [9.17, 15) is 5.26 Å². The summed E-state index contributed by atoms with van der Waals surface area (Å²) in [6.45, 7) is 2.14. The van der Waals surface area contributed by atoms with Gasteiger partial charge < -0.3 is 4.74 Å². The van der Waals surface area contributed by atoms with Crippen molar-refractivity contribution in [3.63, 3.8) is 0 Å². The Morgan fingerprint density at radius 1 is 1.23 bits per heavy atom. The second kappa shape index (κ2) is 8.28. The van der Waals surface area contributed by atoms with E-state index in [-0.39, 0.29) is 0 Å². The summed E-state index contributed by atoms with van der Waals surface area (Å²) < 4.78 is 5.62. The number of aromatic nitrogens is 1. The molecule has 0 fully saturated rings. The van der Waals surface area contributed by atoms with Gasteiger partial charge in [0.2, 0.25) is 5.88 Å². The Labute approximate surface area is 144 Å². The molecule has 6 heteroatoms. The molecule has 22 heavy (non-hydrogen) atoms. The van der Waals surface area contributed by atoms with Gasteiger partial charge in [-0.3, -0.25) is 0 Å². The van der Waals surface area contributed by atoms with Crippen molar-refractivity contribution in [2.75, 3.05) is 5.75 Å². The van der Waals surface area contributed by atoms with Crippen molar-refractivity contribution >= 4 is 35.0 Å². The first kappa shape index (κ1) is 17.0. The van der Waals surface area contributed by atoms with E-state index < -0.39 is 0 Å². The van der Waals surface area contributed by atoms with Crippen LogP contribution in [-0.4, -0.2) is 10.7 Å². The first-order valence-corrected chi connectivity index (χ1v) is 8.55. The van der Waals surface area contributed by atoms with E-state index in [1.165, 1.54) is 0 Å². The lowest BCUT2D eigenvalue weighted by atomic mass is 10.3. The number of nitrogens with zero attached hydrogens (tertiary/aromatic N) is 2. The van der Waals surface area contributed by atoms with Crippen LogP contribution in [0.2, 0.25) is 10.0 Å². The van der Waals surface area contributed by atoms with Gasteiger partial charge in [-0.05, 0) is 30.4 Å². The number of hydrogen-bond acceptors (Lipinski definition) is 4. The zero-order valence-electron chi connectivity index (χ0n) is 12.0. The molecule has 114 valence electrons. The Morgan fingerprint density at radius 3 is 2.73 bits per heavy atom. The molecule has 0 aliphatic carbocycles. The van der Waals surface area contributed by atoms with Crippen molar-refractivity contribution in [1.29, 1.82) is 5.26 Å². The Balaban J connectivity index is 2.15. The molecule has 1 aromatic heterocycles. The maximum atomic E-state index is 9.23. The van der Waals surface area contributed by atoms with E-state index in [0.717, 1.165) is 23.5 Å². The lowest BCUT2D eigenvalue weighted by Gasteiger charge is -2.08. The van der Waals surface area contributed by atoms with E-state index in [4.69, 9.17) is 27.9 Å². The molecule has 0 atom stereocenters. The molecule has 0 amide bonds. The third-order valence-corrected chi connectivity index (χ3v) is 4.68. The highest BCUT2D eigenvalue weighted by Gasteiger charge is 2.08. The number of rotatable bonds is 6. The lowest BCUT2D eigenvalue weighted by Crippen LogP contribution is -1.93. The van der Waals surface area contributed by atoms with Crippen molar-refractivity contribution in [2.24, 2.45) is 0 Å². The Hall–Kier alpha value is -1.41. The van der Waals surface area contributed by atoms with Crippen LogP contribution in [0.5, 0.6) is 11.6 Å². The molecule has 2 aromatic rings. The molecule has 0 bridgehead atoms. The first-order valence-electron chi connectivity index (χ1n) is 6.81. The summed E-state index contributed by atoms with van der Waals surface area (Å²) in [6, 6.07) is 10.7. The molecule has 0 saturated heterocycles. The van der Waals surface area contributed by atoms with Crippen LogP contribution in [0.25, 0.3) is 0 Å². The number of ether oxygens (including phenoxy) is 1. The van der Waals surface area contributed by atoms with Gasteiger partial charge in [0, 0.05) is 17.0 Å². The normalized spacial score (nSPS) is 10.3. The van der Waals surface area contributed by atoms with E-state index >= 15 is 0 Å². The monoisotopic (exact) mass is 352 g/mol. The first-order chi connectivity index (χ1) is 10.6. The minimum absolute atomic E-state index is 0.356. The van der Waals surface area contributed by atoms with Gasteiger partial charge in [-0.1, -0.05) is 36.5 Å². The molecule has 3 nitrogen and oxygen atoms in total. The molecular weight excluding hydrogens is 339 g/mol. The van der Waals surface area contributed by atoms with Crippen molar-refractivity contribution in [1.82, 2.24) is 4.98 Å².